The van der Waals surface area contributed by atoms with Crippen molar-refractivity contribution in [3.8, 4) is 28.7 Å². The third-order valence-electron chi connectivity index (χ3n) is 3.40. The highest BCUT2D eigenvalue weighted by Crippen LogP contribution is 2.49. The Morgan fingerprint density at radius 1 is 1.00 bits per heavy atom. The van der Waals surface area contributed by atoms with Crippen molar-refractivity contribution in [2.24, 2.45) is 0 Å². The maximum Gasteiger partial charge on any atom is 0.205 e. The number of phenols is 4. The predicted molar refractivity (Wildman–Crippen MR) is 71.9 cm³/mol. The van der Waals surface area contributed by atoms with Gasteiger partial charge in [-0.1, -0.05) is 12.1 Å². The smallest absolute Gasteiger partial charge is 0.205 e. The quantitative estimate of drug-likeness (QED) is 0.599. The Morgan fingerprint density at radius 3 is 2.33 bits per heavy atom. The summed E-state index contributed by atoms with van der Waals surface area (Å²) in [5, 5.41) is 38.1. The lowest BCUT2D eigenvalue weighted by molar-refractivity contribution is 0.0840. The molecular formula is C15H12O6. The summed E-state index contributed by atoms with van der Waals surface area (Å²) in [4.78, 5) is 12.1. The van der Waals surface area contributed by atoms with Gasteiger partial charge in [0.05, 0.1) is 12.0 Å². The minimum atomic E-state index is -0.729. The Bertz CT molecular complexity index is 720. The van der Waals surface area contributed by atoms with Crippen molar-refractivity contribution in [2.75, 3.05) is 0 Å². The van der Waals surface area contributed by atoms with Crippen LogP contribution in [-0.2, 0) is 0 Å². The molecule has 6 nitrogen and oxygen atoms in total. The number of carbonyl (C=O) groups excluding carboxylic acids is 1. The molecular weight excluding hydrogens is 276 g/mol. The minimum absolute atomic E-state index is 0.0258. The van der Waals surface area contributed by atoms with E-state index < -0.39 is 23.4 Å². The predicted octanol–water partition coefficient (Wildman–Crippen LogP) is 2.22. The Balaban J connectivity index is 2.04. The largest absolute Gasteiger partial charge is 0.508 e. The average Bonchev–Trinajstić information content (AvgIpc) is 2.47. The molecule has 0 aliphatic carbocycles. The molecule has 0 saturated carbocycles. The molecule has 108 valence electrons. The van der Waals surface area contributed by atoms with Gasteiger partial charge in [-0.2, -0.15) is 0 Å². The monoisotopic (exact) mass is 288 g/mol. The van der Waals surface area contributed by atoms with Gasteiger partial charge >= 0.3 is 0 Å². The molecule has 0 bridgehead atoms. The Morgan fingerprint density at radius 2 is 1.67 bits per heavy atom. The van der Waals surface area contributed by atoms with E-state index in [0.717, 1.165) is 6.07 Å². The first-order valence-electron chi connectivity index (χ1n) is 6.24. The molecule has 1 atom stereocenters. The van der Waals surface area contributed by atoms with Crippen molar-refractivity contribution in [3.63, 3.8) is 0 Å². The maximum atomic E-state index is 12.1. The summed E-state index contributed by atoms with van der Waals surface area (Å²) in [6, 6.07) is 7.21. The molecule has 4 N–H and O–H groups in total. The van der Waals surface area contributed by atoms with E-state index in [1.807, 2.05) is 0 Å². The topological polar surface area (TPSA) is 107 Å². The van der Waals surface area contributed by atoms with Crippen LogP contribution in [0.4, 0.5) is 0 Å². The molecule has 21 heavy (non-hydrogen) atoms. The zero-order chi connectivity index (χ0) is 15.1. The summed E-state index contributed by atoms with van der Waals surface area (Å²) < 4.78 is 5.57. The van der Waals surface area contributed by atoms with E-state index in [2.05, 4.69) is 0 Å². The minimum Gasteiger partial charge on any atom is -0.508 e. The molecule has 0 spiro atoms. The first-order chi connectivity index (χ1) is 9.97. The van der Waals surface area contributed by atoms with Gasteiger partial charge in [0.1, 0.15) is 11.9 Å². The van der Waals surface area contributed by atoms with Crippen molar-refractivity contribution < 1.29 is 30.0 Å². The summed E-state index contributed by atoms with van der Waals surface area (Å²) in [6.45, 7) is 0. The van der Waals surface area contributed by atoms with E-state index in [1.54, 1.807) is 12.1 Å². The molecule has 0 amide bonds. The van der Waals surface area contributed by atoms with E-state index >= 15 is 0 Å². The van der Waals surface area contributed by atoms with Gasteiger partial charge < -0.3 is 25.2 Å². The number of ether oxygens (including phenoxy) is 1. The van der Waals surface area contributed by atoms with Gasteiger partial charge in [-0.25, -0.2) is 0 Å². The third-order valence-corrected chi connectivity index (χ3v) is 3.40. The zero-order valence-electron chi connectivity index (χ0n) is 10.8. The first-order valence-corrected chi connectivity index (χ1v) is 6.24. The molecule has 1 heterocycles. The molecule has 0 radical (unpaired) electrons. The van der Waals surface area contributed by atoms with Crippen LogP contribution in [0.2, 0.25) is 0 Å². The number of Topliss-reactive ketones (excluding diaryl/α,β-unsaturated/α-hetero) is 1. The van der Waals surface area contributed by atoms with Gasteiger partial charge in [-0.3, -0.25) is 4.79 Å². The highest BCUT2D eigenvalue weighted by atomic mass is 16.5. The standard InChI is InChI=1S/C15H12O6/c16-8-3-1-7(2-4-8)12-6-10(17)9-5-11(18)13(19)14(20)15(9)21-12/h1-5,12,16,18-20H,6H2/t12-/m1/s1. The van der Waals surface area contributed by atoms with Crippen LogP contribution in [0, 0.1) is 0 Å². The maximum absolute atomic E-state index is 12.1. The third kappa shape index (κ3) is 2.10. The number of fused-ring (bicyclic) bond motifs is 1. The molecule has 1 aliphatic heterocycles. The second-order valence-electron chi connectivity index (χ2n) is 4.79. The number of benzene rings is 2. The van der Waals surface area contributed by atoms with E-state index in [9.17, 15) is 25.2 Å². The van der Waals surface area contributed by atoms with Crippen LogP contribution in [0.1, 0.15) is 28.4 Å². The fraction of sp³-hybridized carbons (Fsp3) is 0.133. The summed E-state index contributed by atoms with van der Waals surface area (Å²) >= 11 is 0. The Labute approximate surface area is 119 Å². The van der Waals surface area contributed by atoms with Crippen LogP contribution >= 0.6 is 0 Å². The number of carbonyl (C=O) groups is 1. The van der Waals surface area contributed by atoms with Crippen molar-refractivity contribution >= 4 is 5.78 Å². The second-order valence-corrected chi connectivity index (χ2v) is 4.79. The van der Waals surface area contributed by atoms with E-state index in [-0.39, 0.29) is 29.3 Å². The van der Waals surface area contributed by atoms with Crippen LogP contribution in [0.15, 0.2) is 30.3 Å². The number of ketones is 1. The molecule has 2 aromatic rings. The van der Waals surface area contributed by atoms with Gasteiger partial charge in [-0.05, 0) is 23.8 Å². The van der Waals surface area contributed by atoms with Gasteiger partial charge in [-0.15, -0.1) is 0 Å². The second kappa shape index (κ2) is 4.59. The zero-order valence-corrected chi connectivity index (χ0v) is 10.8. The van der Waals surface area contributed by atoms with Crippen LogP contribution < -0.4 is 4.74 Å². The number of hydrogen-bond acceptors (Lipinski definition) is 6. The first kappa shape index (κ1) is 13.1. The summed E-state index contributed by atoms with van der Waals surface area (Å²) in [5.74, 6) is -2.35. The molecule has 6 heteroatoms. The van der Waals surface area contributed by atoms with Crippen molar-refractivity contribution in [2.45, 2.75) is 12.5 Å². The van der Waals surface area contributed by atoms with Crippen molar-refractivity contribution in [3.05, 3.63) is 41.5 Å². The molecule has 2 aromatic carbocycles. The van der Waals surface area contributed by atoms with Crippen molar-refractivity contribution in [1.82, 2.24) is 0 Å². The van der Waals surface area contributed by atoms with E-state index in [4.69, 9.17) is 4.74 Å². The fourth-order valence-electron chi connectivity index (χ4n) is 2.29. The number of rotatable bonds is 1. The lowest BCUT2D eigenvalue weighted by Crippen LogP contribution is -2.20. The van der Waals surface area contributed by atoms with E-state index in [0.29, 0.717) is 5.56 Å². The Hall–Kier alpha value is -2.89. The summed E-state index contributed by atoms with van der Waals surface area (Å²) in [6.07, 6.45) is -0.609. The molecule has 1 aliphatic rings. The average molecular weight is 288 g/mol. The lowest BCUT2D eigenvalue weighted by Gasteiger charge is -2.26. The summed E-state index contributed by atoms with van der Waals surface area (Å²) in [5.41, 5.74) is 0.677. The highest BCUT2D eigenvalue weighted by molar-refractivity contribution is 6.01. The van der Waals surface area contributed by atoms with Gasteiger partial charge in [0.2, 0.25) is 11.5 Å². The number of phenolic OH excluding ortho intramolecular Hbond substituents is 4. The van der Waals surface area contributed by atoms with Gasteiger partial charge in [0.15, 0.2) is 17.3 Å². The van der Waals surface area contributed by atoms with Crippen LogP contribution in [0.3, 0.4) is 0 Å². The summed E-state index contributed by atoms with van der Waals surface area (Å²) in [7, 11) is 0. The molecule has 0 saturated heterocycles. The van der Waals surface area contributed by atoms with Crippen LogP contribution in [0.5, 0.6) is 28.7 Å². The molecule has 0 unspecified atom stereocenters. The lowest BCUT2D eigenvalue weighted by atomic mass is 9.95. The van der Waals surface area contributed by atoms with Crippen molar-refractivity contribution in [1.29, 1.82) is 0 Å². The molecule has 3 rings (SSSR count). The highest BCUT2D eigenvalue weighted by Gasteiger charge is 2.32. The number of aromatic hydroxyl groups is 4. The Kier molecular flexibility index (Phi) is 2.86. The number of hydrogen-bond donors (Lipinski definition) is 4. The normalized spacial score (nSPS) is 17.1. The van der Waals surface area contributed by atoms with Gasteiger partial charge in [0, 0.05) is 0 Å². The van der Waals surface area contributed by atoms with Crippen LogP contribution in [-0.4, -0.2) is 26.2 Å². The molecule has 0 fully saturated rings. The van der Waals surface area contributed by atoms with Crippen LogP contribution in [0.25, 0.3) is 0 Å². The van der Waals surface area contributed by atoms with Gasteiger partial charge in [0.25, 0.3) is 0 Å². The van der Waals surface area contributed by atoms with E-state index in [1.165, 1.54) is 12.1 Å². The molecule has 0 aromatic heterocycles. The fourth-order valence-corrected chi connectivity index (χ4v) is 2.29. The SMILES string of the molecule is O=C1C[C@H](c2ccc(O)cc2)Oc2c1cc(O)c(O)c2O.